The monoisotopic (exact) mass is 383 g/mol. The van der Waals surface area contributed by atoms with Crippen LogP contribution in [0.5, 0.6) is 0 Å². The van der Waals surface area contributed by atoms with Gasteiger partial charge in [0.25, 0.3) is 0 Å². The highest BCUT2D eigenvalue weighted by Crippen LogP contribution is 2.21. The van der Waals surface area contributed by atoms with Gasteiger partial charge in [-0.15, -0.1) is 0 Å². The van der Waals surface area contributed by atoms with Crippen molar-refractivity contribution in [3.05, 3.63) is 53.6 Å². The lowest BCUT2D eigenvalue weighted by Gasteiger charge is -2.09. The van der Waals surface area contributed by atoms with E-state index in [2.05, 4.69) is 15.3 Å². The molecule has 0 spiro atoms. The highest BCUT2D eigenvalue weighted by molar-refractivity contribution is 7.99. The molecule has 3 aromatic rings. The van der Waals surface area contributed by atoms with Gasteiger partial charge in [-0.25, -0.2) is 9.78 Å². The Kier molecular flexibility index (Phi) is 5.81. The number of amides is 1. The predicted octanol–water partition coefficient (Wildman–Crippen LogP) is 4.17. The maximum absolute atomic E-state index is 12.2. The molecule has 140 valence electrons. The number of hydrogen-bond donors (Lipinski definition) is 2. The molecule has 0 atom stereocenters. The number of aromatic nitrogens is 2. The lowest BCUT2D eigenvalue weighted by atomic mass is 10.2. The molecule has 0 aliphatic rings. The molecule has 0 aliphatic heterocycles. The molecule has 2 aromatic carbocycles. The standard InChI is InChI=1S/C20H21N3O3S/c1-12(2)26-19(25)14-5-4-6-15(10-14)21-18(24)11-27-20-22-16-8-7-13(3)9-17(16)23-20/h4-10,12H,11H2,1-3H3,(H,21,24)(H,22,23). The van der Waals surface area contributed by atoms with E-state index in [0.29, 0.717) is 16.4 Å². The maximum Gasteiger partial charge on any atom is 0.338 e. The van der Waals surface area contributed by atoms with Crippen molar-refractivity contribution in [3.8, 4) is 0 Å². The van der Waals surface area contributed by atoms with Crippen LogP contribution >= 0.6 is 11.8 Å². The Morgan fingerprint density at radius 1 is 1.22 bits per heavy atom. The third kappa shape index (κ3) is 5.10. The minimum absolute atomic E-state index is 0.175. The van der Waals surface area contributed by atoms with E-state index in [1.54, 1.807) is 38.1 Å². The number of thioether (sulfide) groups is 1. The van der Waals surface area contributed by atoms with Crippen LogP contribution in [0, 0.1) is 6.92 Å². The number of ether oxygens (including phenoxy) is 1. The van der Waals surface area contributed by atoms with Crippen LogP contribution in [0.1, 0.15) is 29.8 Å². The molecule has 2 N–H and O–H groups in total. The lowest BCUT2D eigenvalue weighted by Crippen LogP contribution is -2.15. The molecule has 0 radical (unpaired) electrons. The summed E-state index contributed by atoms with van der Waals surface area (Å²) in [5.74, 6) is -0.376. The Labute approximate surface area is 161 Å². The molecule has 3 rings (SSSR count). The van der Waals surface area contributed by atoms with Gasteiger partial charge in [0, 0.05) is 5.69 Å². The van der Waals surface area contributed by atoms with Crippen LogP contribution in [0.15, 0.2) is 47.6 Å². The predicted molar refractivity (Wildman–Crippen MR) is 107 cm³/mol. The fourth-order valence-electron chi connectivity index (χ4n) is 2.51. The number of carbonyl (C=O) groups is 2. The van der Waals surface area contributed by atoms with Gasteiger partial charge in [-0.2, -0.15) is 0 Å². The molecule has 0 aliphatic carbocycles. The average Bonchev–Trinajstić information content (AvgIpc) is 3.01. The number of fused-ring (bicyclic) bond motifs is 1. The van der Waals surface area contributed by atoms with Gasteiger partial charge in [0.2, 0.25) is 5.91 Å². The van der Waals surface area contributed by atoms with Gasteiger partial charge in [0.05, 0.1) is 28.5 Å². The van der Waals surface area contributed by atoms with E-state index >= 15 is 0 Å². The van der Waals surface area contributed by atoms with Crippen molar-refractivity contribution in [2.75, 3.05) is 11.1 Å². The number of H-pyrrole nitrogens is 1. The van der Waals surface area contributed by atoms with Crippen LogP contribution < -0.4 is 5.32 Å². The SMILES string of the molecule is Cc1ccc2nc(SCC(=O)Nc3cccc(C(=O)OC(C)C)c3)[nH]c2c1. The third-order valence-electron chi connectivity index (χ3n) is 3.68. The zero-order valence-electron chi connectivity index (χ0n) is 15.4. The largest absolute Gasteiger partial charge is 0.459 e. The summed E-state index contributed by atoms with van der Waals surface area (Å²) >= 11 is 1.33. The van der Waals surface area contributed by atoms with Gasteiger partial charge < -0.3 is 15.0 Å². The molecule has 0 fully saturated rings. The van der Waals surface area contributed by atoms with Crippen molar-refractivity contribution >= 4 is 40.4 Å². The summed E-state index contributed by atoms with van der Waals surface area (Å²) < 4.78 is 5.17. The molecular formula is C20H21N3O3S. The minimum atomic E-state index is -0.409. The van der Waals surface area contributed by atoms with Gasteiger partial charge in [-0.05, 0) is 56.7 Å². The summed E-state index contributed by atoms with van der Waals surface area (Å²) in [7, 11) is 0. The van der Waals surface area contributed by atoms with Crippen LogP contribution in [0.2, 0.25) is 0 Å². The molecule has 27 heavy (non-hydrogen) atoms. The molecule has 1 heterocycles. The summed E-state index contributed by atoms with van der Waals surface area (Å²) in [5, 5.41) is 3.49. The third-order valence-corrected chi connectivity index (χ3v) is 4.55. The zero-order chi connectivity index (χ0) is 19.4. The molecule has 7 heteroatoms. The van der Waals surface area contributed by atoms with E-state index in [9.17, 15) is 9.59 Å². The van der Waals surface area contributed by atoms with Crippen LogP contribution in [-0.4, -0.2) is 33.7 Å². The van der Waals surface area contributed by atoms with Crippen molar-refractivity contribution in [3.63, 3.8) is 0 Å². The Balaban J connectivity index is 1.59. The Hall–Kier alpha value is -2.80. The van der Waals surface area contributed by atoms with Crippen molar-refractivity contribution in [1.29, 1.82) is 0 Å². The number of aromatic amines is 1. The molecule has 0 saturated carbocycles. The zero-order valence-corrected chi connectivity index (χ0v) is 16.2. The van der Waals surface area contributed by atoms with Crippen LogP contribution in [0.3, 0.4) is 0 Å². The minimum Gasteiger partial charge on any atom is -0.459 e. The number of nitrogens with zero attached hydrogens (tertiary/aromatic N) is 1. The first-order valence-corrected chi connectivity index (χ1v) is 9.59. The number of anilines is 1. The smallest absolute Gasteiger partial charge is 0.338 e. The van der Waals surface area contributed by atoms with E-state index < -0.39 is 5.97 Å². The topological polar surface area (TPSA) is 84.1 Å². The van der Waals surface area contributed by atoms with Gasteiger partial charge in [0.15, 0.2) is 5.16 Å². The summed E-state index contributed by atoms with van der Waals surface area (Å²) in [6.45, 7) is 5.60. The fourth-order valence-corrected chi connectivity index (χ4v) is 3.19. The lowest BCUT2D eigenvalue weighted by molar-refractivity contribution is -0.113. The van der Waals surface area contributed by atoms with Gasteiger partial charge in [-0.1, -0.05) is 23.9 Å². The Morgan fingerprint density at radius 2 is 2.04 bits per heavy atom. The summed E-state index contributed by atoms with van der Waals surface area (Å²) in [6.07, 6.45) is -0.195. The van der Waals surface area contributed by atoms with Gasteiger partial charge in [-0.3, -0.25) is 4.79 Å². The highest BCUT2D eigenvalue weighted by atomic mass is 32.2. The number of imidazole rings is 1. The number of aryl methyl sites for hydroxylation is 1. The quantitative estimate of drug-likeness (QED) is 0.493. The summed E-state index contributed by atoms with van der Waals surface area (Å²) in [6, 6.07) is 12.7. The molecule has 1 aromatic heterocycles. The van der Waals surface area contributed by atoms with Crippen molar-refractivity contribution in [2.24, 2.45) is 0 Å². The summed E-state index contributed by atoms with van der Waals surface area (Å²) in [5.41, 5.74) is 3.94. The second-order valence-electron chi connectivity index (χ2n) is 6.43. The average molecular weight is 383 g/mol. The molecule has 0 unspecified atom stereocenters. The number of hydrogen-bond acceptors (Lipinski definition) is 5. The number of carbonyl (C=O) groups excluding carboxylic acids is 2. The van der Waals surface area contributed by atoms with E-state index in [1.807, 2.05) is 25.1 Å². The van der Waals surface area contributed by atoms with Crippen LogP contribution in [0.25, 0.3) is 11.0 Å². The summed E-state index contributed by atoms with van der Waals surface area (Å²) in [4.78, 5) is 31.9. The number of nitrogens with one attached hydrogen (secondary N) is 2. The maximum atomic E-state index is 12.2. The van der Waals surface area contributed by atoms with Crippen molar-refractivity contribution < 1.29 is 14.3 Å². The highest BCUT2D eigenvalue weighted by Gasteiger charge is 2.11. The molecule has 0 bridgehead atoms. The van der Waals surface area contributed by atoms with Crippen molar-refractivity contribution in [2.45, 2.75) is 32.0 Å². The molecule has 0 saturated heterocycles. The molecule has 1 amide bonds. The van der Waals surface area contributed by atoms with Crippen molar-refractivity contribution in [1.82, 2.24) is 9.97 Å². The van der Waals surface area contributed by atoms with E-state index in [1.165, 1.54) is 11.8 Å². The van der Waals surface area contributed by atoms with E-state index in [0.717, 1.165) is 16.6 Å². The van der Waals surface area contributed by atoms with Crippen LogP contribution in [-0.2, 0) is 9.53 Å². The van der Waals surface area contributed by atoms with E-state index in [4.69, 9.17) is 4.74 Å². The van der Waals surface area contributed by atoms with Crippen LogP contribution in [0.4, 0.5) is 5.69 Å². The number of benzene rings is 2. The van der Waals surface area contributed by atoms with Gasteiger partial charge in [0.1, 0.15) is 0 Å². The number of esters is 1. The fraction of sp³-hybridized carbons (Fsp3) is 0.250. The van der Waals surface area contributed by atoms with E-state index in [-0.39, 0.29) is 17.8 Å². The molecule has 6 nitrogen and oxygen atoms in total. The Bertz CT molecular complexity index is 982. The van der Waals surface area contributed by atoms with Gasteiger partial charge >= 0.3 is 5.97 Å². The second-order valence-corrected chi connectivity index (χ2v) is 7.40. The number of rotatable bonds is 6. The second kappa shape index (κ2) is 8.26. The first-order valence-electron chi connectivity index (χ1n) is 8.61. The first kappa shape index (κ1) is 19.0. The normalized spacial score (nSPS) is 11.0. The first-order chi connectivity index (χ1) is 12.9. The molecular weight excluding hydrogens is 362 g/mol. The Morgan fingerprint density at radius 3 is 2.81 bits per heavy atom.